The van der Waals surface area contributed by atoms with Gasteiger partial charge in [-0.15, -0.1) is 0 Å². The summed E-state index contributed by atoms with van der Waals surface area (Å²) in [7, 11) is -0.523. The lowest BCUT2D eigenvalue weighted by Gasteiger charge is -2.64. The molecule has 0 spiro atoms. The Labute approximate surface area is 244 Å². The largest absolute Gasteiger partial charge is 0.481 e. The van der Waals surface area contributed by atoms with Crippen molar-refractivity contribution in [3.05, 3.63) is 36.0 Å². The van der Waals surface area contributed by atoms with Crippen molar-refractivity contribution in [3.63, 3.8) is 0 Å². The molecule has 4 saturated carbocycles. The molecular formula is C32H46BN3O5. The van der Waals surface area contributed by atoms with E-state index in [0.29, 0.717) is 30.6 Å². The molecule has 222 valence electrons. The van der Waals surface area contributed by atoms with E-state index in [9.17, 15) is 9.59 Å². The number of carbonyl (C=O) groups excluding carboxylic acids is 2. The number of para-hydroxylation sites is 1. The van der Waals surface area contributed by atoms with E-state index in [1.807, 2.05) is 30.5 Å². The van der Waals surface area contributed by atoms with Crippen LogP contribution in [0.1, 0.15) is 85.1 Å². The van der Waals surface area contributed by atoms with Gasteiger partial charge in [0.05, 0.1) is 17.6 Å². The second kappa shape index (κ2) is 11.0. The molecule has 2 bridgehead atoms. The smallest absolute Gasteiger partial charge is 0.446 e. The lowest BCUT2D eigenvalue weighted by atomic mass is 9.43. The molecule has 8 nitrogen and oxygen atoms in total. The molecule has 1 aliphatic heterocycles. The fraction of sp³-hybridized carbons (Fsp3) is 0.688. The Morgan fingerprint density at radius 1 is 1.12 bits per heavy atom. The number of H-pyrrole nitrogens is 1. The van der Waals surface area contributed by atoms with Crippen LogP contribution in [-0.4, -0.2) is 53.9 Å². The Kier molecular flexibility index (Phi) is 7.64. The van der Waals surface area contributed by atoms with Crippen molar-refractivity contribution in [1.82, 2.24) is 15.6 Å². The zero-order valence-electron chi connectivity index (χ0n) is 25.2. The lowest BCUT2D eigenvalue weighted by molar-refractivity contribution is -0.199. The molecule has 7 rings (SSSR count). The van der Waals surface area contributed by atoms with E-state index < -0.39 is 19.3 Å². The minimum atomic E-state index is -0.802. The van der Waals surface area contributed by atoms with Gasteiger partial charge in [0.1, 0.15) is 12.1 Å². The van der Waals surface area contributed by atoms with E-state index in [0.717, 1.165) is 48.6 Å². The van der Waals surface area contributed by atoms with Crippen LogP contribution in [0.3, 0.4) is 0 Å². The summed E-state index contributed by atoms with van der Waals surface area (Å²) in [6.45, 7) is 11.2. The maximum absolute atomic E-state index is 14.0. The first-order chi connectivity index (χ1) is 19.5. The molecule has 1 unspecified atom stereocenters. The number of amides is 2. The average molecular weight is 564 g/mol. The number of hydrogen-bond donors (Lipinski definition) is 3. The van der Waals surface area contributed by atoms with E-state index in [2.05, 4.69) is 50.2 Å². The maximum Gasteiger partial charge on any atom is 0.481 e. The minimum absolute atomic E-state index is 0.0392. The summed E-state index contributed by atoms with van der Waals surface area (Å²) in [6, 6.07) is 7.20. The highest BCUT2D eigenvalue weighted by molar-refractivity contribution is 6.48. The molecule has 5 fully saturated rings. The molecule has 0 radical (unpaired) electrons. The third-order valence-electron chi connectivity index (χ3n) is 10.6. The van der Waals surface area contributed by atoms with Crippen molar-refractivity contribution in [2.24, 2.45) is 23.2 Å². The number of fused-ring (bicyclic) bond motifs is 1. The van der Waals surface area contributed by atoms with Crippen molar-refractivity contribution in [1.29, 1.82) is 0 Å². The van der Waals surface area contributed by atoms with E-state index in [1.54, 1.807) is 0 Å². The van der Waals surface area contributed by atoms with Gasteiger partial charge < -0.3 is 29.7 Å². The summed E-state index contributed by atoms with van der Waals surface area (Å²) in [4.78, 5) is 30.3. The second-order valence-corrected chi connectivity index (χ2v) is 14.2. The third kappa shape index (κ3) is 5.40. The highest BCUT2D eigenvalue weighted by Crippen LogP contribution is 2.65. The first kappa shape index (κ1) is 28.6. The van der Waals surface area contributed by atoms with E-state index in [-0.39, 0.29) is 35.1 Å². The van der Waals surface area contributed by atoms with Crippen molar-refractivity contribution in [2.75, 3.05) is 0 Å². The summed E-state index contributed by atoms with van der Waals surface area (Å²) >= 11 is 0. The number of nitrogens with one attached hydrogen (secondary N) is 3. The number of alkyl carbamates (subject to hydrolysis) is 1. The van der Waals surface area contributed by atoms with E-state index >= 15 is 0 Å². The fourth-order valence-corrected chi connectivity index (χ4v) is 8.16. The van der Waals surface area contributed by atoms with E-state index in [4.69, 9.17) is 14.0 Å². The molecular weight excluding hydrogens is 517 g/mol. The number of rotatable bonds is 9. The summed E-state index contributed by atoms with van der Waals surface area (Å²) in [5, 5.41) is 7.20. The number of benzene rings is 1. The maximum atomic E-state index is 14.0. The highest BCUT2D eigenvalue weighted by atomic mass is 16.7. The van der Waals surface area contributed by atoms with Gasteiger partial charge in [0.15, 0.2) is 0 Å². The topological polar surface area (TPSA) is 102 Å². The molecule has 5 aliphatic rings. The summed E-state index contributed by atoms with van der Waals surface area (Å²) in [6.07, 6.45) is 8.44. The first-order valence-electron chi connectivity index (χ1n) is 15.7. The van der Waals surface area contributed by atoms with Crippen LogP contribution in [0.15, 0.2) is 30.5 Å². The van der Waals surface area contributed by atoms with Crippen LogP contribution in [0.5, 0.6) is 0 Å². The van der Waals surface area contributed by atoms with Gasteiger partial charge in [-0.3, -0.25) is 4.79 Å². The minimum Gasteiger partial charge on any atom is -0.446 e. The number of aromatic nitrogens is 1. The highest BCUT2D eigenvalue weighted by Gasteiger charge is 2.68. The van der Waals surface area contributed by atoms with Crippen LogP contribution in [0.4, 0.5) is 4.79 Å². The van der Waals surface area contributed by atoms with Crippen LogP contribution in [0.25, 0.3) is 10.9 Å². The molecule has 6 atom stereocenters. The van der Waals surface area contributed by atoms with Gasteiger partial charge in [-0.2, -0.15) is 0 Å². The molecule has 1 aromatic carbocycles. The van der Waals surface area contributed by atoms with Gasteiger partial charge in [0.2, 0.25) is 5.91 Å². The number of carbonyl (C=O) groups is 2. The third-order valence-corrected chi connectivity index (χ3v) is 10.6. The summed E-state index contributed by atoms with van der Waals surface area (Å²) in [5.41, 5.74) is 1.86. The first-order valence-corrected chi connectivity index (χ1v) is 15.7. The lowest BCUT2D eigenvalue weighted by Crippen LogP contribution is -2.65. The zero-order chi connectivity index (χ0) is 28.9. The molecule has 41 heavy (non-hydrogen) atoms. The molecule has 9 heteroatoms. The van der Waals surface area contributed by atoms with Crippen molar-refractivity contribution < 1.29 is 23.6 Å². The molecule has 2 aromatic rings. The monoisotopic (exact) mass is 563 g/mol. The Hall–Kier alpha value is -2.52. The Bertz CT molecular complexity index is 1270. The molecule has 2 amide bonds. The Balaban J connectivity index is 1.20. The SMILES string of the molecule is CC(C)C[C@H](NC(=O)[C@H](Cc1c[nH]c2ccccc12)NC(=O)OC1CCCC1)B1O[C@@H]2C[C@@H]3CC(C3(C)C)[C@]2(C)O1. The standard InChI is InChI=1S/C32H46BN3O5/c1-19(2)14-28(33-40-27-17-21-16-26(31(21,3)4)32(27,5)41-33)36-29(37)25(35-30(38)39-22-10-6-7-11-22)15-20-18-34-24-13-9-8-12-23(20)24/h8-9,12-13,18-19,21-22,25-28,34H,6-7,10-11,14-17H2,1-5H3,(H,35,38)(H,36,37)/t21-,25-,26?,27+,28-,32-/m0/s1. The Morgan fingerprint density at radius 3 is 2.61 bits per heavy atom. The number of ether oxygens (including phenoxy) is 1. The molecule has 2 heterocycles. The van der Waals surface area contributed by atoms with Crippen molar-refractivity contribution in [2.45, 2.75) is 116 Å². The summed E-state index contributed by atoms with van der Waals surface area (Å²) in [5.74, 6) is 0.840. The number of aromatic amines is 1. The van der Waals surface area contributed by atoms with Crippen LogP contribution in [0.2, 0.25) is 0 Å². The summed E-state index contributed by atoms with van der Waals surface area (Å²) < 4.78 is 19.0. The molecule has 3 N–H and O–H groups in total. The predicted octanol–water partition coefficient (Wildman–Crippen LogP) is 5.55. The van der Waals surface area contributed by atoms with Gasteiger partial charge in [-0.25, -0.2) is 4.79 Å². The normalized spacial score (nSPS) is 30.1. The molecule has 1 aromatic heterocycles. The van der Waals surface area contributed by atoms with Crippen LogP contribution < -0.4 is 10.6 Å². The van der Waals surface area contributed by atoms with Gasteiger partial charge in [0.25, 0.3) is 0 Å². The van der Waals surface area contributed by atoms with Crippen molar-refractivity contribution >= 4 is 30.0 Å². The second-order valence-electron chi connectivity index (χ2n) is 14.2. The van der Waals surface area contributed by atoms with Gasteiger partial charge in [0, 0.05) is 23.5 Å². The van der Waals surface area contributed by atoms with Crippen LogP contribution in [0, 0.1) is 23.2 Å². The molecule has 4 aliphatic carbocycles. The average Bonchev–Trinajstić information content (AvgIpc) is 3.66. The number of hydrogen-bond acceptors (Lipinski definition) is 5. The predicted molar refractivity (Wildman–Crippen MR) is 159 cm³/mol. The fourth-order valence-electron chi connectivity index (χ4n) is 8.16. The quantitative estimate of drug-likeness (QED) is 0.348. The van der Waals surface area contributed by atoms with E-state index in [1.165, 1.54) is 6.42 Å². The molecule has 1 saturated heterocycles. The Morgan fingerprint density at radius 2 is 1.88 bits per heavy atom. The van der Waals surface area contributed by atoms with Gasteiger partial charge in [-0.05, 0) is 86.7 Å². The zero-order valence-corrected chi connectivity index (χ0v) is 25.2. The van der Waals surface area contributed by atoms with Gasteiger partial charge in [-0.1, -0.05) is 45.9 Å². The van der Waals surface area contributed by atoms with Crippen LogP contribution >= 0.6 is 0 Å². The van der Waals surface area contributed by atoms with Crippen LogP contribution in [-0.2, 0) is 25.3 Å². The van der Waals surface area contributed by atoms with Gasteiger partial charge >= 0.3 is 13.2 Å². The van der Waals surface area contributed by atoms with Crippen molar-refractivity contribution in [3.8, 4) is 0 Å².